The van der Waals surface area contributed by atoms with Crippen LogP contribution in [0.3, 0.4) is 0 Å². The van der Waals surface area contributed by atoms with Crippen LogP contribution in [0.5, 0.6) is 0 Å². The molecule has 0 unspecified atom stereocenters. The summed E-state index contributed by atoms with van der Waals surface area (Å²) in [5.74, 6) is 0. The molecule has 0 saturated heterocycles. The first kappa shape index (κ1) is 29.6. The number of hydrogen-bond acceptors (Lipinski definition) is 0. The van der Waals surface area contributed by atoms with E-state index in [1.54, 1.807) is 5.19 Å². The monoisotopic (exact) mass is 586 g/mol. The molecular weight excluding hydrogens is 552 g/mol. The van der Waals surface area contributed by atoms with E-state index in [0.29, 0.717) is 0 Å². The Morgan fingerprint density at radius 3 is 1.13 bits per heavy atom. The number of hydrogen-bond donors (Lipinski definition) is 0. The molecule has 6 aromatic rings. The van der Waals surface area contributed by atoms with E-state index in [1.165, 1.54) is 61.2 Å². The Hall–Kier alpha value is -4.13. The van der Waals surface area contributed by atoms with Crippen LogP contribution in [0.15, 0.2) is 158 Å². The summed E-state index contributed by atoms with van der Waals surface area (Å²) in [6, 6.07) is 59.7. The third kappa shape index (κ3) is 4.05. The molecule has 212 valence electrons. The van der Waals surface area contributed by atoms with E-state index in [-0.39, 0.29) is 28.9 Å². The minimum atomic E-state index is -1.56. The van der Waals surface area contributed by atoms with Gasteiger partial charge in [0, 0.05) is 0 Å². The fourth-order valence-corrected chi connectivity index (χ4v) is 13.9. The van der Waals surface area contributed by atoms with Crippen LogP contribution in [0.4, 0.5) is 0 Å². The third-order valence-electron chi connectivity index (χ3n) is 9.95. The predicted molar refractivity (Wildman–Crippen MR) is 187 cm³/mol. The van der Waals surface area contributed by atoms with Crippen molar-refractivity contribution >= 4 is 25.1 Å². The van der Waals surface area contributed by atoms with Gasteiger partial charge in [0.15, 0.2) is 0 Å². The molecule has 2 heteroatoms. The molecule has 0 saturated carbocycles. The fourth-order valence-electron chi connectivity index (χ4n) is 8.73. The second-order valence-corrected chi connectivity index (χ2v) is 15.2. The third-order valence-corrected chi connectivity index (χ3v) is 14.4. The molecule has 2 heterocycles. The molecule has 8 rings (SSSR count). The maximum atomic E-state index is 2.45. The van der Waals surface area contributed by atoms with E-state index in [4.69, 9.17) is 0 Å². The van der Waals surface area contributed by atoms with E-state index < -0.39 is 8.80 Å². The average Bonchev–Trinajstić information content (AvgIpc) is 3.49. The quantitative estimate of drug-likeness (QED) is 0.208. The van der Waals surface area contributed by atoms with Crippen molar-refractivity contribution in [2.45, 2.75) is 30.8 Å². The summed E-state index contributed by atoms with van der Waals surface area (Å²) < 4.78 is 0. The van der Waals surface area contributed by atoms with Crippen LogP contribution >= 0.6 is 0 Å². The summed E-state index contributed by atoms with van der Waals surface area (Å²) in [6.45, 7) is 6.95. The zero-order valence-corrected chi connectivity index (χ0v) is 27.5. The fraction of sp³-hybridized carbons (Fsp3) is 0.116. The van der Waals surface area contributed by atoms with Gasteiger partial charge in [-0.3, -0.25) is 0 Å². The van der Waals surface area contributed by atoms with Gasteiger partial charge < -0.3 is 0 Å². The number of benzene rings is 6. The van der Waals surface area contributed by atoms with Crippen molar-refractivity contribution in [3.8, 4) is 0 Å². The first-order valence-corrected chi connectivity index (χ1v) is 17.1. The number of allylic oxidation sites excluding steroid dienone is 2. The molecule has 0 fully saturated rings. The van der Waals surface area contributed by atoms with Crippen LogP contribution in [0.2, 0.25) is 0 Å². The molecule has 0 aromatic heterocycles. The molecule has 0 aliphatic carbocycles. The van der Waals surface area contributed by atoms with Gasteiger partial charge in [0.05, 0.1) is 0 Å². The van der Waals surface area contributed by atoms with Crippen molar-refractivity contribution in [1.29, 1.82) is 0 Å². The summed E-state index contributed by atoms with van der Waals surface area (Å²) in [6.07, 6.45) is 0. The Balaban J connectivity index is 0.00000325. The summed E-state index contributed by atoms with van der Waals surface area (Å²) in [5.41, 5.74) is 15.4. The minimum absolute atomic E-state index is 0. The van der Waals surface area contributed by atoms with Crippen LogP contribution in [0, 0.1) is 20.8 Å². The van der Waals surface area contributed by atoms with Crippen LogP contribution in [0.1, 0.15) is 50.1 Å². The van der Waals surface area contributed by atoms with E-state index >= 15 is 0 Å². The van der Waals surface area contributed by atoms with Crippen LogP contribution in [-0.2, 0) is 10.1 Å². The van der Waals surface area contributed by atoms with Crippen LogP contribution < -0.4 is 24.0 Å². The maximum Gasteiger partial charge on any atom is 1.00 e. The van der Waals surface area contributed by atoms with Gasteiger partial charge in [-0.15, -0.1) is 0 Å². The summed E-state index contributed by atoms with van der Waals surface area (Å²) in [4.78, 5) is 0. The Morgan fingerprint density at radius 1 is 0.422 bits per heavy atom. The van der Waals surface area contributed by atoms with Gasteiger partial charge in [-0.2, -0.15) is 5.19 Å². The van der Waals surface area contributed by atoms with Crippen LogP contribution in [0.25, 0.3) is 11.1 Å². The predicted octanol–water partition coefficient (Wildman–Crippen LogP) is 6.31. The molecule has 0 spiro atoms. The Labute approximate surface area is 281 Å². The standard InChI is InChI=1S/C43H35Si.Li/c1-30-28-31(2)41(32(3)29-30)44-42(35-22-12-6-13-23-35)37-26-16-17-27-38(37)43(44,36-24-14-7-15-25-36)40(34-20-10-5-11-21-34)39(42)33-18-8-4-9-19-33;/h4-29H,1-3H3;/q-1;+1/t42-,43+;. The van der Waals surface area contributed by atoms with E-state index in [0.717, 1.165) is 0 Å². The maximum absolute atomic E-state index is 2.45. The molecule has 2 aliphatic rings. The van der Waals surface area contributed by atoms with Crippen molar-refractivity contribution in [2.75, 3.05) is 0 Å². The first-order chi connectivity index (χ1) is 21.6. The molecule has 0 nitrogen and oxygen atoms in total. The largest absolute Gasteiger partial charge is 1.00 e. The number of fused-ring (bicyclic) bond motifs is 5. The zero-order chi connectivity index (χ0) is 29.9. The average molecular weight is 587 g/mol. The second kappa shape index (κ2) is 11.3. The molecule has 2 bridgehead atoms. The SMILES string of the molecule is Cc1cc(C)c([Si-]2[C@]3(c4ccccc4)C(c4ccccc4)=C(c4ccccc4)[C@@]2(c2ccccc2)c2ccccc23)c(C)c1.[Li+]. The molecular formula is C43H35LiSi. The van der Waals surface area contributed by atoms with Crippen molar-refractivity contribution in [3.05, 3.63) is 208 Å². The molecule has 0 radical (unpaired) electrons. The topological polar surface area (TPSA) is 0 Å². The molecule has 6 aromatic carbocycles. The van der Waals surface area contributed by atoms with Crippen molar-refractivity contribution in [1.82, 2.24) is 0 Å². The summed E-state index contributed by atoms with van der Waals surface area (Å²) in [5, 5.41) is 0.912. The van der Waals surface area contributed by atoms with E-state index in [9.17, 15) is 0 Å². The molecule has 0 amide bonds. The number of aryl methyl sites for hydroxylation is 3. The van der Waals surface area contributed by atoms with Gasteiger partial charge in [0.1, 0.15) is 0 Å². The van der Waals surface area contributed by atoms with Gasteiger partial charge in [0.25, 0.3) is 0 Å². The second-order valence-electron chi connectivity index (χ2n) is 12.4. The van der Waals surface area contributed by atoms with Gasteiger partial charge in [0.2, 0.25) is 0 Å². The summed E-state index contributed by atoms with van der Waals surface area (Å²) in [7, 11) is -1.56. The smallest absolute Gasteiger partial charge is 0.237 e. The minimum Gasteiger partial charge on any atom is -0.237 e. The first-order valence-electron chi connectivity index (χ1n) is 15.6. The normalized spacial score (nSPS) is 19.8. The van der Waals surface area contributed by atoms with E-state index in [1.807, 2.05) is 0 Å². The van der Waals surface area contributed by atoms with Gasteiger partial charge >= 0.3 is 18.9 Å². The van der Waals surface area contributed by atoms with Crippen LogP contribution in [-0.4, -0.2) is 8.80 Å². The van der Waals surface area contributed by atoms with Gasteiger partial charge in [-0.05, 0) is 31.9 Å². The summed E-state index contributed by atoms with van der Waals surface area (Å²) >= 11 is 0. The van der Waals surface area contributed by atoms with E-state index in [2.05, 4.69) is 178 Å². The number of rotatable bonds is 5. The zero-order valence-electron chi connectivity index (χ0n) is 26.5. The van der Waals surface area contributed by atoms with Crippen molar-refractivity contribution in [2.24, 2.45) is 0 Å². The Kier molecular flexibility index (Phi) is 7.46. The Bertz CT molecular complexity index is 1890. The molecule has 2 atom stereocenters. The van der Waals surface area contributed by atoms with Gasteiger partial charge in [-0.25, -0.2) is 8.80 Å². The Morgan fingerprint density at radius 2 is 0.756 bits per heavy atom. The molecule has 0 N–H and O–H groups in total. The van der Waals surface area contributed by atoms with Gasteiger partial charge in [-0.1, -0.05) is 218 Å². The molecule has 2 aliphatic heterocycles. The van der Waals surface area contributed by atoms with Crippen molar-refractivity contribution < 1.29 is 18.9 Å². The van der Waals surface area contributed by atoms with Crippen molar-refractivity contribution in [3.63, 3.8) is 0 Å². The molecule has 45 heavy (non-hydrogen) atoms.